The van der Waals surface area contributed by atoms with Crippen LogP contribution < -0.4 is 5.32 Å². The van der Waals surface area contributed by atoms with Gasteiger partial charge in [0.1, 0.15) is 0 Å². The van der Waals surface area contributed by atoms with Crippen LogP contribution in [0, 0.1) is 5.92 Å². The molecule has 1 saturated heterocycles. The topological polar surface area (TPSA) is 102 Å². The third-order valence-corrected chi connectivity index (χ3v) is 4.53. The molecule has 0 bridgehead atoms. The van der Waals surface area contributed by atoms with Crippen molar-refractivity contribution in [2.24, 2.45) is 5.92 Å². The van der Waals surface area contributed by atoms with Crippen molar-refractivity contribution in [2.75, 3.05) is 26.3 Å². The summed E-state index contributed by atoms with van der Waals surface area (Å²) in [4.78, 5) is 48.6. The van der Waals surface area contributed by atoms with Gasteiger partial charge in [0.2, 0.25) is 5.91 Å². The van der Waals surface area contributed by atoms with Crippen LogP contribution in [0.4, 0.5) is 0 Å². The standard InChI is InChI=1S/C20H26N2O6/c1-3-27-19(25)17-8-10-22(11-9-17)18(24)13-28-20(26)16-6-4-15(5-7-16)12-21-14(2)23/h4-7,17H,3,8-13H2,1-2H3,(H,21,23). The summed E-state index contributed by atoms with van der Waals surface area (Å²) in [6, 6.07) is 6.62. The lowest BCUT2D eigenvalue weighted by Crippen LogP contribution is -2.42. The van der Waals surface area contributed by atoms with Gasteiger partial charge in [-0.25, -0.2) is 4.79 Å². The molecule has 1 aliphatic rings. The summed E-state index contributed by atoms with van der Waals surface area (Å²) in [5, 5.41) is 2.67. The zero-order valence-corrected chi connectivity index (χ0v) is 16.2. The lowest BCUT2D eigenvalue weighted by molar-refractivity contribution is -0.151. The minimum Gasteiger partial charge on any atom is -0.466 e. The van der Waals surface area contributed by atoms with E-state index in [0.717, 1.165) is 5.56 Å². The predicted molar refractivity (Wildman–Crippen MR) is 100 cm³/mol. The highest BCUT2D eigenvalue weighted by Crippen LogP contribution is 2.19. The van der Waals surface area contributed by atoms with Crippen LogP contribution in [0.3, 0.4) is 0 Å². The van der Waals surface area contributed by atoms with Crippen LogP contribution in [-0.2, 0) is 30.4 Å². The SMILES string of the molecule is CCOC(=O)C1CCN(C(=O)COC(=O)c2ccc(CNC(C)=O)cc2)CC1. The maximum atomic E-state index is 12.2. The number of esters is 2. The number of carbonyl (C=O) groups is 4. The highest BCUT2D eigenvalue weighted by atomic mass is 16.5. The number of likely N-dealkylation sites (tertiary alicyclic amines) is 1. The largest absolute Gasteiger partial charge is 0.466 e. The maximum absolute atomic E-state index is 12.2. The zero-order chi connectivity index (χ0) is 20.5. The van der Waals surface area contributed by atoms with Gasteiger partial charge in [-0.1, -0.05) is 12.1 Å². The molecule has 2 rings (SSSR count). The molecular weight excluding hydrogens is 364 g/mol. The first-order valence-corrected chi connectivity index (χ1v) is 9.35. The van der Waals surface area contributed by atoms with Crippen LogP contribution in [0.1, 0.15) is 42.6 Å². The van der Waals surface area contributed by atoms with Crippen LogP contribution >= 0.6 is 0 Å². The Labute approximate surface area is 164 Å². The average molecular weight is 390 g/mol. The number of nitrogens with one attached hydrogen (secondary N) is 1. The summed E-state index contributed by atoms with van der Waals surface area (Å²) < 4.78 is 10.1. The molecule has 0 radical (unpaired) electrons. The van der Waals surface area contributed by atoms with Gasteiger partial charge in [0.15, 0.2) is 6.61 Å². The van der Waals surface area contributed by atoms with Crippen molar-refractivity contribution in [3.8, 4) is 0 Å². The Balaban J connectivity index is 1.76. The lowest BCUT2D eigenvalue weighted by atomic mass is 9.97. The molecule has 0 aromatic heterocycles. The van der Waals surface area contributed by atoms with E-state index >= 15 is 0 Å². The minimum atomic E-state index is -0.583. The Morgan fingerprint density at radius 1 is 1.07 bits per heavy atom. The summed E-state index contributed by atoms with van der Waals surface area (Å²) in [5.41, 5.74) is 1.19. The Morgan fingerprint density at radius 2 is 1.71 bits per heavy atom. The van der Waals surface area contributed by atoms with Crippen LogP contribution in [0.2, 0.25) is 0 Å². The van der Waals surface area contributed by atoms with Crippen LogP contribution in [0.5, 0.6) is 0 Å². The lowest BCUT2D eigenvalue weighted by Gasteiger charge is -2.30. The van der Waals surface area contributed by atoms with Gasteiger partial charge < -0.3 is 19.7 Å². The fraction of sp³-hybridized carbons (Fsp3) is 0.500. The van der Waals surface area contributed by atoms with Crippen molar-refractivity contribution < 1.29 is 28.7 Å². The zero-order valence-electron chi connectivity index (χ0n) is 16.2. The molecule has 2 amide bonds. The van der Waals surface area contributed by atoms with Gasteiger partial charge in [-0.15, -0.1) is 0 Å². The van der Waals surface area contributed by atoms with Gasteiger partial charge in [0, 0.05) is 26.6 Å². The van der Waals surface area contributed by atoms with Gasteiger partial charge >= 0.3 is 11.9 Å². The van der Waals surface area contributed by atoms with Gasteiger partial charge in [-0.05, 0) is 37.5 Å². The van der Waals surface area contributed by atoms with Crippen LogP contribution in [0.25, 0.3) is 0 Å². The van der Waals surface area contributed by atoms with Gasteiger partial charge in [0.05, 0.1) is 18.1 Å². The number of benzene rings is 1. The maximum Gasteiger partial charge on any atom is 0.338 e. The minimum absolute atomic E-state index is 0.131. The van der Waals surface area contributed by atoms with Crippen molar-refractivity contribution in [1.29, 1.82) is 0 Å². The van der Waals surface area contributed by atoms with Crippen molar-refractivity contribution in [2.45, 2.75) is 33.2 Å². The molecule has 0 aliphatic carbocycles. The van der Waals surface area contributed by atoms with Gasteiger partial charge in [-0.3, -0.25) is 14.4 Å². The monoisotopic (exact) mass is 390 g/mol. The molecule has 1 heterocycles. The molecule has 152 valence electrons. The Kier molecular flexibility index (Phi) is 7.98. The van der Waals surface area contributed by atoms with Gasteiger partial charge in [0.25, 0.3) is 5.91 Å². The van der Waals surface area contributed by atoms with Crippen molar-refractivity contribution in [3.05, 3.63) is 35.4 Å². The molecule has 0 unspecified atom stereocenters. The third-order valence-electron chi connectivity index (χ3n) is 4.53. The molecule has 1 aromatic carbocycles. The van der Waals surface area contributed by atoms with E-state index in [0.29, 0.717) is 44.6 Å². The van der Waals surface area contributed by atoms with E-state index < -0.39 is 5.97 Å². The van der Waals surface area contributed by atoms with E-state index in [4.69, 9.17) is 9.47 Å². The number of amides is 2. The number of ether oxygens (including phenoxy) is 2. The molecule has 8 heteroatoms. The second kappa shape index (κ2) is 10.4. The predicted octanol–water partition coefficient (Wildman–Crippen LogP) is 1.28. The molecular formula is C20H26N2O6. The average Bonchev–Trinajstić information content (AvgIpc) is 2.71. The summed E-state index contributed by atoms with van der Waals surface area (Å²) in [6.45, 7) is 4.47. The molecule has 28 heavy (non-hydrogen) atoms. The van der Waals surface area contributed by atoms with Crippen molar-refractivity contribution in [3.63, 3.8) is 0 Å². The fourth-order valence-electron chi connectivity index (χ4n) is 2.91. The number of rotatable bonds is 7. The quantitative estimate of drug-likeness (QED) is 0.704. The first-order chi connectivity index (χ1) is 13.4. The second-order valence-electron chi connectivity index (χ2n) is 6.59. The molecule has 1 fully saturated rings. The molecule has 1 aliphatic heterocycles. The summed E-state index contributed by atoms with van der Waals surface area (Å²) in [5.74, 6) is -1.39. The van der Waals surface area contributed by atoms with E-state index in [9.17, 15) is 19.2 Å². The van der Waals surface area contributed by atoms with Crippen LogP contribution in [-0.4, -0.2) is 55.0 Å². The molecule has 0 saturated carbocycles. The van der Waals surface area contributed by atoms with E-state index in [1.807, 2.05) is 0 Å². The number of nitrogens with zero attached hydrogens (tertiary/aromatic N) is 1. The van der Waals surface area contributed by atoms with Crippen LogP contribution in [0.15, 0.2) is 24.3 Å². The van der Waals surface area contributed by atoms with Crippen molar-refractivity contribution >= 4 is 23.8 Å². The van der Waals surface area contributed by atoms with E-state index in [1.54, 1.807) is 36.1 Å². The number of hydrogen-bond acceptors (Lipinski definition) is 6. The normalized spacial score (nSPS) is 14.3. The van der Waals surface area contributed by atoms with Gasteiger partial charge in [-0.2, -0.15) is 0 Å². The summed E-state index contributed by atoms with van der Waals surface area (Å²) in [6.07, 6.45) is 1.10. The Hall–Kier alpha value is -2.90. The van der Waals surface area contributed by atoms with E-state index in [2.05, 4.69) is 5.32 Å². The second-order valence-corrected chi connectivity index (χ2v) is 6.59. The van der Waals surface area contributed by atoms with E-state index in [-0.39, 0.29) is 30.3 Å². The number of hydrogen-bond donors (Lipinski definition) is 1. The molecule has 8 nitrogen and oxygen atoms in total. The summed E-state index contributed by atoms with van der Waals surface area (Å²) in [7, 11) is 0. The first-order valence-electron chi connectivity index (χ1n) is 9.35. The highest BCUT2D eigenvalue weighted by Gasteiger charge is 2.28. The highest BCUT2D eigenvalue weighted by molar-refractivity contribution is 5.91. The molecule has 0 spiro atoms. The smallest absolute Gasteiger partial charge is 0.338 e. The molecule has 1 N–H and O–H groups in total. The van der Waals surface area contributed by atoms with E-state index in [1.165, 1.54) is 6.92 Å². The van der Waals surface area contributed by atoms with Crippen molar-refractivity contribution in [1.82, 2.24) is 10.2 Å². The number of piperidine rings is 1. The Bertz CT molecular complexity index is 708. The number of carbonyl (C=O) groups excluding carboxylic acids is 4. The molecule has 1 aromatic rings. The third kappa shape index (κ3) is 6.37. The summed E-state index contributed by atoms with van der Waals surface area (Å²) >= 11 is 0. The fourth-order valence-corrected chi connectivity index (χ4v) is 2.91. The Morgan fingerprint density at radius 3 is 2.29 bits per heavy atom. The first kappa shape index (κ1) is 21.4. The molecule has 0 atom stereocenters.